The van der Waals surface area contributed by atoms with Crippen LogP contribution in [-0.4, -0.2) is 44.5 Å². The first kappa shape index (κ1) is 19.0. The molecule has 0 radical (unpaired) electrons. The third kappa shape index (κ3) is 5.58. The molecule has 7 heteroatoms. The summed E-state index contributed by atoms with van der Waals surface area (Å²) >= 11 is 1.61. The zero-order valence-electron chi connectivity index (χ0n) is 14.6. The van der Waals surface area contributed by atoms with E-state index >= 15 is 0 Å². The molecule has 134 valence electrons. The van der Waals surface area contributed by atoms with Gasteiger partial charge in [0.25, 0.3) is 0 Å². The summed E-state index contributed by atoms with van der Waals surface area (Å²) in [4.78, 5) is 26.0. The van der Waals surface area contributed by atoms with Gasteiger partial charge in [-0.05, 0) is 54.2 Å². The molecular weight excluding hydrogens is 338 g/mol. The third-order valence-electron chi connectivity index (χ3n) is 3.83. The van der Waals surface area contributed by atoms with Crippen LogP contribution in [0.15, 0.2) is 41.1 Å². The van der Waals surface area contributed by atoms with Gasteiger partial charge in [-0.2, -0.15) is 11.3 Å². The predicted molar refractivity (Wildman–Crippen MR) is 98.6 cm³/mol. The highest BCUT2D eigenvalue weighted by atomic mass is 32.1. The number of hydrogen-bond donors (Lipinski definition) is 2. The molecule has 0 fully saturated rings. The molecule has 1 heterocycles. The highest BCUT2D eigenvalue weighted by Crippen LogP contribution is 2.19. The minimum atomic E-state index is -0.640. The van der Waals surface area contributed by atoms with E-state index in [9.17, 15) is 9.59 Å². The van der Waals surface area contributed by atoms with Crippen molar-refractivity contribution in [2.24, 2.45) is 0 Å². The van der Waals surface area contributed by atoms with Gasteiger partial charge < -0.3 is 20.3 Å². The molecule has 2 rings (SSSR count). The maximum atomic E-state index is 12.0. The molecule has 0 aliphatic heterocycles. The largest absolute Gasteiger partial charge is 0.497 e. The van der Waals surface area contributed by atoms with Crippen LogP contribution >= 0.6 is 11.3 Å². The van der Waals surface area contributed by atoms with Crippen molar-refractivity contribution in [2.45, 2.75) is 12.6 Å². The summed E-state index contributed by atoms with van der Waals surface area (Å²) in [5.41, 5.74) is 2.01. The summed E-state index contributed by atoms with van der Waals surface area (Å²) in [5, 5.41) is 9.36. The Morgan fingerprint density at radius 2 is 1.80 bits per heavy atom. The van der Waals surface area contributed by atoms with E-state index in [2.05, 4.69) is 10.6 Å². The zero-order chi connectivity index (χ0) is 18.2. The minimum absolute atomic E-state index is 0.0320. The Labute approximate surface area is 151 Å². The van der Waals surface area contributed by atoms with Gasteiger partial charge in [-0.1, -0.05) is 12.1 Å². The summed E-state index contributed by atoms with van der Waals surface area (Å²) < 4.78 is 5.08. The molecule has 1 aromatic carbocycles. The SMILES string of the molecule is COc1ccc(CNC(=O)C(=O)NC[C@@H](c2ccsc2)N(C)C)cc1. The lowest BCUT2D eigenvalue weighted by atomic mass is 10.1. The number of carbonyl (C=O) groups is 2. The number of nitrogens with zero attached hydrogens (tertiary/aromatic N) is 1. The maximum absolute atomic E-state index is 12.0. The van der Waals surface area contributed by atoms with Crippen LogP contribution in [0, 0.1) is 0 Å². The van der Waals surface area contributed by atoms with E-state index in [0.29, 0.717) is 6.54 Å². The summed E-state index contributed by atoms with van der Waals surface area (Å²) in [6.45, 7) is 0.663. The van der Waals surface area contributed by atoms with Crippen LogP contribution in [-0.2, 0) is 16.1 Å². The van der Waals surface area contributed by atoms with Crippen molar-refractivity contribution in [2.75, 3.05) is 27.7 Å². The summed E-state index contributed by atoms with van der Waals surface area (Å²) in [6.07, 6.45) is 0. The molecule has 0 aliphatic rings. The highest BCUT2D eigenvalue weighted by molar-refractivity contribution is 7.07. The fourth-order valence-corrected chi connectivity index (χ4v) is 3.05. The first-order chi connectivity index (χ1) is 12.0. The first-order valence-corrected chi connectivity index (χ1v) is 8.83. The number of carbonyl (C=O) groups excluding carboxylic acids is 2. The zero-order valence-corrected chi connectivity index (χ0v) is 15.4. The number of methoxy groups -OCH3 is 1. The molecule has 0 spiro atoms. The molecule has 2 amide bonds. The standard InChI is InChI=1S/C18H23N3O3S/c1-21(2)16(14-8-9-25-12-14)11-20-18(23)17(22)19-10-13-4-6-15(24-3)7-5-13/h4-9,12,16H,10-11H2,1-3H3,(H,19,22)(H,20,23)/t16-/m0/s1. The van der Waals surface area contributed by atoms with Gasteiger partial charge in [-0.15, -0.1) is 0 Å². The summed E-state index contributed by atoms with van der Waals surface area (Å²) in [5.74, 6) is -0.523. The average Bonchev–Trinajstić information content (AvgIpc) is 3.14. The van der Waals surface area contributed by atoms with Gasteiger partial charge >= 0.3 is 11.8 Å². The van der Waals surface area contributed by atoms with Crippen LogP contribution in [0.4, 0.5) is 0 Å². The van der Waals surface area contributed by atoms with E-state index < -0.39 is 11.8 Å². The van der Waals surface area contributed by atoms with E-state index in [1.807, 2.05) is 60.1 Å². The second-order valence-electron chi connectivity index (χ2n) is 5.78. The molecular formula is C18H23N3O3S. The Kier molecular flexibility index (Phi) is 6.97. The Bertz CT molecular complexity index is 684. The lowest BCUT2D eigenvalue weighted by Gasteiger charge is -2.23. The van der Waals surface area contributed by atoms with Crippen molar-refractivity contribution in [3.8, 4) is 5.75 Å². The van der Waals surface area contributed by atoms with Gasteiger partial charge in [-0.25, -0.2) is 0 Å². The smallest absolute Gasteiger partial charge is 0.309 e. The van der Waals surface area contributed by atoms with E-state index in [1.165, 1.54) is 0 Å². The van der Waals surface area contributed by atoms with Crippen LogP contribution in [0.2, 0.25) is 0 Å². The fourth-order valence-electron chi connectivity index (χ4n) is 2.34. The van der Waals surface area contributed by atoms with Gasteiger partial charge in [0.1, 0.15) is 5.75 Å². The monoisotopic (exact) mass is 361 g/mol. The molecule has 1 aromatic heterocycles. The van der Waals surface area contributed by atoms with Gasteiger partial charge in [0.2, 0.25) is 0 Å². The molecule has 25 heavy (non-hydrogen) atoms. The molecule has 6 nitrogen and oxygen atoms in total. The van der Waals surface area contributed by atoms with E-state index in [1.54, 1.807) is 18.4 Å². The number of likely N-dealkylation sites (N-methyl/N-ethyl adjacent to an activating group) is 1. The Morgan fingerprint density at radius 1 is 1.12 bits per heavy atom. The summed E-state index contributed by atoms with van der Waals surface area (Å²) in [6, 6.07) is 9.36. The van der Waals surface area contributed by atoms with Crippen molar-refractivity contribution in [1.29, 1.82) is 0 Å². The number of nitrogens with one attached hydrogen (secondary N) is 2. The predicted octanol–water partition coefficient (Wildman–Crippen LogP) is 1.79. The van der Waals surface area contributed by atoms with Crippen LogP contribution in [0.1, 0.15) is 17.2 Å². The number of ether oxygens (including phenoxy) is 1. The van der Waals surface area contributed by atoms with Crippen LogP contribution < -0.4 is 15.4 Å². The van der Waals surface area contributed by atoms with E-state index in [-0.39, 0.29) is 12.6 Å². The van der Waals surface area contributed by atoms with Gasteiger partial charge in [-0.3, -0.25) is 9.59 Å². The quantitative estimate of drug-likeness (QED) is 0.738. The van der Waals surface area contributed by atoms with Crippen molar-refractivity contribution in [1.82, 2.24) is 15.5 Å². The van der Waals surface area contributed by atoms with Crippen molar-refractivity contribution in [3.63, 3.8) is 0 Å². The number of hydrogen-bond acceptors (Lipinski definition) is 5. The number of amides is 2. The van der Waals surface area contributed by atoms with Crippen LogP contribution in [0.3, 0.4) is 0 Å². The molecule has 0 bridgehead atoms. The first-order valence-electron chi connectivity index (χ1n) is 7.88. The van der Waals surface area contributed by atoms with Gasteiger partial charge in [0, 0.05) is 13.1 Å². The average molecular weight is 361 g/mol. The van der Waals surface area contributed by atoms with Crippen molar-refractivity contribution in [3.05, 3.63) is 52.2 Å². The van der Waals surface area contributed by atoms with Crippen LogP contribution in [0.5, 0.6) is 5.75 Å². The number of rotatable bonds is 7. The Balaban J connectivity index is 1.82. The normalized spacial score (nSPS) is 11.8. The van der Waals surface area contributed by atoms with Crippen LogP contribution in [0.25, 0.3) is 0 Å². The van der Waals surface area contributed by atoms with E-state index in [4.69, 9.17) is 4.74 Å². The lowest BCUT2D eigenvalue weighted by molar-refractivity contribution is -0.139. The molecule has 0 aliphatic carbocycles. The molecule has 0 saturated heterocycles. The molecule has 2 aromatic rings. The second kappa shape index (κ2) is 9.19. The molecule has 0 unspecified atom stereocenters. The Morgan fingerprint density at radius 3 is 2.36 bits per heavy atom. The maximum Gasteiger partial charge on any atom is 0.309 e. The number of benzene rings is 1. The topological polar surface area (TPSA) is 70.7 Å². The summed E-state index contributed by atoms with van der Waals surface area (Å²) in [7, 11) is 5.48. The number of thiophene rings is 1. The van der Waals surface area contributed by atoms with Gasteiger partial charge in [0.05, 0.1) is 13.2 Å². The fraction of sp³-hybridized carbons (Fsp3) is 0.333. The van der Waals surface area contributed by atoms with Gasteiger partial charge in [0.15, 0.2) is 0 Å². The van der Waals surface area contributed by atoms with Crippen molar-refractivity contribution >= 4 is 23.2 Å². The third-order valence-corrected chi connectivity index (χ3v) is 4.53. The molecule has 1 atom stereocenters. The molecule has 2 N–H and O–H groups in total. The lowest BCUT2D eigenvalue weighted by Crippen LogP contribution is -2.42. The Hall–Kier alpha value is -2.38. The second-order valence-corrected chi connectivity index (χ2v) is 6.56. The highest BCUT2D eigenvalue weighted by Gasteiger charge is 2.18. The minimum Gasteiger partial charge on any atom is -0.497 e. The molecule has 0 saturated carbocycles. The van der Waals surface area contributed by atoms with Crippen molar-refractivity contribution < 1.29 is 14.3 Å². The van der Waals surface area contributed by atoms with E-state index in [0.717, 1.165) is 16.9 Å².